The van der Waals surface area contributed by atoms with Crippen molar-refractivity contribution in [2.24, 2.45) is 0 Å². The van der Waals surface area contributed by atoms with Crippen LogP contribution in [0.5, 0.6) is 0 Å². The minimum Gasteiger partial charge on any atom is -0.469 e. The summed E-state index contributed by atoms with van der Waals surface area (Å²) >= 11 is 5.54. The average Bonchev–Trinajstić information content (AvgIpc) is 2.16. The molecule has 0 bridgehead atoms. The molecule has 0 saturated heterocycles. The van der Waals surface area contributed by atoms with E-state index in [9.17, 15) is 4.79 Å². The van der Waals surface area contributed by atoms with Crippen molar-refractivity contribution < 1.29 is 9.53 Å². The SMILES string of the molecule is COC(=O)CCCCCCCCCl. The number of methoxy groups -OCH3 is 1. The van der Waals surface area contributed by atoms with Crippen molar-refractivity contribution in [3.63, 3.8) is 0 Å². The number of ether oxygens (including phenoxy) is 1. The lowest BCUT2D eigenvalue weighted by atomic mass is 10.1. The molecule has 2 nitrogen and oxygen atoms in total. The van der Waals surface area contributed by atoms with Crippen molar-refractivity contribution in [3.05, 3.63) is 0 Å². The third-order valence-electron chi connectivity index (χ3n) is 1.99. The van der Waals surface area contributed by atoms with Crippen LogP contribution in [0.1, 0.15) is 44.9 Å². The molecule has 78 valence electrons. The van der Waals surface area contributed by atoms with Gasteiger partial charge < -0.3 is 4.74 Å². The van der Waals surface area contributed by atoms with Crippen LogP contribution < -0.4 is 0 Å². The van der Waals surface area contributed by atoms with E-state index in [0.717, 1.165) is 25.1 Å². The third-order valence-corrected chi connectivity index (χ3v) is 2.26. The average molecular weight is 207 g/mol. The maximum Gasteiger partial charge on any atom is 0.305 e. The summed E-state index contributed by atoms with van der Waals surface area (Å²) in [7, 11) is 1.43. The van der Waals surface area contributed by atoms with E-state index >= 15 is 0 Å². The molecule has 0 unspecified atom stereocenters. The summed E-state index contributed by atoms with van der Waals surface area (Å²) in [6.45, 7) is 0. The molecule has 0 saturated carbocycles. The third kappa shape index (κ3) is 9.68. The smallest absolute Gasteiger partial charge is 0.305 e. The molecule has 0 radical (unpaired) electrons. The highest BCUT2D eigenvalue weighted by Crippen LogP contribution is 2.07. The second-order valence-electron chi connectivity index (χ2n) is 3.14. The van der Waals surface area contributed by atoms with Crippen molar-refractivity contribution in [1.82, 2.24) is 0 Å². The predicted molar refractivity (Wildman–Crippen MR) is 55.1 cm³/mol. The van der Waals surface area contributed by atoms with Crippen LogP contribution in [0.4, 0.5) is 0 Å². The zero-order chi connectivity index (χ0) is 9.94. The van der Waals surface area contributed by atoms with Gasteiger partial charge in [0.05, 0.1) is 7.11 Å². The minimum absolute atomic E-state index is 0.0965. The van der Waals surface area contributed by atoms with Gasteiger partial charge >= 0.3 is 5.97 Å². The molecular weight excluding hydrogens is 188 g/mol. The second-order valence-corrected chi connectivity index (χ2v) is 3.51. The number of alkyl halides is 1. The van der Waals surface area contributed by atoms with Gasteiger partial charge in [-0.3, -0.25) is 4.79 Å². The quantitative estimate of drug-likeness (QED) is 0.347. The highest BCUT2D eigenvalue weighted by atomic mass is 35.5. The molecule has 0 spiro atoms. The first-order valence-electron chi connectivity index (χ1n) is 4.94. The van der Waals surface area contributed by atoms with E-state index in [2.05, 4.69) is 4.74 Å². The van der Waals surface area contributed by atoms with Gasteiger partial charge in [0.1, 0.15) is 0 Å². The maximum atomic E-state index is 10.7. The summed E-state index contributed by atoms with van der Waals surface area (Å²) in [6.07, 6.45) is 7.39. The molecule has 0 aliphatic carbocycles. The molecule has 13 heavy (non-hydrogen) atoms. The fourth-order valence-corrected chi connectivity index (χ4v) is 1.36. The fraction of sp³-hybridized carbons (Fsp3) is 0.900. The summed E-state index contributed by atoms with van der Waals surface area (Å²) in [4.78, 5) is 10.7. The van der Waals surface area contributed by atoms with Gasteiger partial charge in [-0.05, 0) is 12.8 Å². The zero-order valence-corrected chi connectivity index (χ0v) is 9.11. The summed E-state index contributed by atoms with van der Waals surface area (Å²) in [5, 5.41) is 0. The first-order chi connectivity index (χ1) is 6.31. The van der Waals surface area contributed by atoms with Crippen molar-refractivity contribution in [2.75, 3.05) is 13.0 Å². The Morgan fingerprint density at radius 3 is 2.15 bits per heavy atom. The first kappa shape index (κ1) is 12.8. The Balaban J connectivity index is 2.95. The van der Waals surface area contributed by atoms with Crippen LogP contribution in [0.2, 0.25) is 0 Å². The molecule has 0 aromatic carbocycles. The molecular formula is C10H19ClO2. The molecule has 0 aromatic heterocycles. The minimum atomic E-state index is -0.0965. The van der Waals surface area contributed by atoms with Gasteiger partial charge in [0.15, 0.2) is 0 Å². The number of unbranched alkanes of at least 4 members (excludes halogenated alkanes) is 5. The van der Waals surface area contributed by atoms with Crippen molar-refractivity contribution in [2.45, 2.75) is 44.9 Å². The van der Waals surface area contributed by atoms with E-state index in [0.29, 0.717) is 6.42 Å². The largest absolute Gasteiger partial charge is 0.469 e. The molecule has 0 atom stereocenters. The molecule has 0 aliphatic rings. The molecule has 0 heterocycles. The van der Waals surface area contributed by atoms with Gasteiger partial charge in [-0.15, -0.1) is 11.6 Å². The zero-order valence-electron chi connectivity index (χ0n) is 8.35. The van der Waals surface area contributed by atoms with Crippen molar-refractivity contribution in [3.8, 4) is 0 Å². The van der Waals surface area contributed by atoms with E-state index in [-0.39, 0.29) is 5.97 Å². The molecule has 0 aromatic rings. The molecule has 0 rings (SSSR count). The summed E-state index contributed by atoms with van der Waals surface area (Å²) in [6, 6.07) is 0. The van der Waals surface area contributed by atoms with Gasteiger partial charge in [-0.2, -0.15) is 0 Å². The predicted octanol–water partition coefficient (Wildman–Crippen LogP) is 3.13. The Hall–Kier alpha value is -0.240. The summed E-state index contributed by atoms with van der Waals surface area (Å²) in [5.41, 5.74) is 0. The summed E-state index contributed by atoms with van der Waals surface area (Å²) in [5.74, 6) is 0.670. The second kappa shape index (κ2) is 9.85. The van der Waals surface area contributed by atoms with E-state index in [1.165, 1.54) is 26.4 Å². The lowest BCUT2D eigenvalue weighted by Crippen LogP contribution is -1.99. The van der Waals surface area contributed by atoms with Crippen LogP contribution in [0.15, 0.2) is 0 Å². The van der Waals surface area contributed by atoms with E-state index in [1.54, 1.807) is 0 Å². The lowest BCUT2D eigenvalue weighted by molar-refractivity contribution is -0.140. The van der Waals surface area contributed by atoms with Crippen LogP contribution >= 0.6 is 11.6 Å². The lowest BCUT2D eigenvalue weighted by Gasteiger charge is -1.99. The Labute approximate surface area is 85.6 Å². The highest BCUT2D eigenvalue weighted by molar-refractivity contribution is 6.17. The van der Waals surface area contributed by atoms with Gasteiger partial charge in [0.25, 0.3) is 0 Å². The Morgan fingerprint density at radius 2 is 1.62 bits per heavy atom. The van der Waals surface area contributed by atoms with Crippen molar-refractivity contribution >= 4 is 17.6 Å². The number of carbonyl (C=O) groups is 1. The molecule has 3 heteroatoms. The maximum absolute atomic E-state index is 10.7. The number of hydrogen-bond acceptors (Lipinski definition) is 2. The van der Waals surface area contributed by atoms with Crippen LogP contribution in [-0.4, -0.2) is 19.0 Å². The molecule has 0 N–H and O–H groups in total. The number of halogens is 1. The van der Waals surface area contributed by atoms with Gasteiger partial charge in [-0.1, -0.05) is 25.7 Å². The molecule has 0 amide bonds. The molecule has 0 fully saturated rings. The number of carbonyl (C=O) groups excluding carboxylic acids is 1. The molecule has 0 aliphatic heterocycles. The van der Waals surface area contributed by atoms with Crippen LogP contribution in [0.25, 0.3) is 0 Å². The number of hydrogen-bond donors (Lipinski definition) is 0. The number of rotatable bonds is 8. The Bertz CT molecular complexity index is 126. The van der Waals surface area contributed by atoms with Gasteiger partial charge in [0.2, 0.25) is 0 Å². The first-order valence-corrected chi connectivity index (χ1v) is 5.47. The highest BCUT2D eigenvalue weighted by Gasteiger charge is 1.98. The Morgan fingerprint density at radius 1 is 1.08 bits per heavy atom. The number of esters is 1. The van der Waals surface area contributed by atoms with Crippen LogP contribution in [0, 0.1) is 0 Å². The topological polar surface area (TPSA) is 26.3 Å². The van der Waals surface area contributed by atoms with Crippen LogP contribution in [0.3, 0.4) is 0 Å². The Kier molecular flexibility index (Phi) is 9.66. The monoisotopic (exact) mass is 206 g/mol. The van der Waals surface area contributed by atoms with Gasteiger partial charge in [-0.25, -0.2) is 0 Å². The summed E-state index contributed by atoms with van der Waals surface area (Å²) < 4.78 is 4.54. The standard InChI is InChI=1S/C10H19ClO2/c1-13-10(12)8-6-4-2-3-5-7-9-11/h2-9H2,1H3. The normalized spacial score (nSPS) is 10.0. The van der Waals surface area contributed by atoms with E-state index in [1.807, 2.05) is 0 Å². The fourth-order valence-electron chi connectivity index (χ4n) is 1.17. The van der Waals surface area contributed by atoms with E-state index in [4.69, 9.17) is 11.6 Å². The van der Waals surface area contributed by atoms with Crippen LogP contribution in [-0.2, 0) is 9.53 Å². The van der Waals surface area contributed by atoms with E-state index < -0.39 is 0 Å². The van der Waals surface area contributed by atoms with Crippen molar-refractivity contribution in [1.29, 1.82) is 0 Å². The van der Waals surface area contributed by atoms with Gasteiger partial charge in [0, 0.05) is 12.3 Å².